The van der Waals surface area contributed by atoms with Crippen LogP contribution in [0.15, 0.2) is 12.2 Å². The highest BCUT2D eigenvalue weighted by Crippen LogP contribution is 2.48. The second-order valence-electron chi connectivity index (χ2n) is 2.35. The summed E-state index contributed by atoms with van der Waals surface area (Å²) in [6.45, 7) is 2.53. The maximum Gasteiger partial charge on any atom is 0.361 e. The van der Waals surface area contributed by atoms with Gasteiger partial charge in [0.1, 0.15) is 6.29 Å². The molecule has 82 valence electrons. The molecule has 1 N–H and O–H groups in total. The lowest BCUT2D eigenvalue weighted by Gasteiger charge is -2.34. The fourth-order valence-corrected chi connectivity index (χ4v) is 1.14. The van der Waals surface area contributed by atoms with Gasteiger partial charge in [-0.25, -0.2) is 0 Å². The summed E-state index contributed by atoms with van der Waals surface area (Å²) in [5.74, 6) is 0. The van der Waals surface area contributed by atoms with Gasteiger partial charge in [-0.3, -0.25) is 4.79 Å². The molecule has 0 aliphatic carbocycles. The Morgan fingerprint density at radius 3 is 1.57 bits per heavy atom. The summed E-state index contributed by atoms with van der Waals surface area (Å²) < 4.78 is 49.7. The Morgan fingerprint density at radius 2 is 1.50 bits per heavy atom. The van der Waals surface area contributed by atoms with Crippen LogP contribution in [0.3, 0.4) is 0 Å². The first-order valence-corrected chi connectivity index (χ1v) is 3.74. The standard InChI is InChI=1S/C6H4Cl2F4O2/c1-3(2-13)4(14,5(7,9)10)6(8,11)12/h2,14H,1H2. The third-order valence-corrected chi connectivity index (χ3v) is 1.97. The molecule has 0 aromatic heterocycles. The van der Waals surface area contributed by atoms with Crippen molar-refractivity contribution in [3.8, 4) is 0 Å². The van der Waals surface area contributed by atoms with Crippen LogP contribution in [0.4, 0.5) is 17.6 Å². The van der Waals surface area contributed by atoms with E-state index in [2.05, 4.69) is 29.8 Å². The van der Waals surface area contributed by atoms with Crippen LogP contribution in [0.2, 0.25) is 0 Å². The Hall–Kier alpha value is -0.330. The number of halogens is 6. The molecule has 8 heteroatoms. The van der Waals surface area contributed by atoms with Crippen molar-refractivity contribution in [2.24, 2.45) is 0 Å². The van der Waals surface area contributed by atoms with E-state index in [1.54, 1.807) is 0 Å². The largest absolute Gasteiger partial charge is 0.372 e. The van der Waals surface area contributed by atoms with Gasteiger partial charge < -0.3 is 5.11 Å². The highest BCUT2D eigenvalue weighted by atomic mass is 35.5. The molecule has 0 rings (SSSR count). The third-order valence-electron chi connectivity index (χ3n) is 1.43. The third kappa shape index (κ3) is 2.02. The summed E-state index contributed by atoms with van der Waals surface area (Å²) in [4.78, 5) is 10.0. The van der Waals surface area contributed by atoms with E-state index in [1.807, 2.05) is 0 Å². The number of aliphatic hydroxyl groups is 1. The minimum Gasteiger partial charge on any atom is -0.372 e. The zero-order valence-electron chi connectivity index (χ0n) is 6.41. The van der Waals surface area contributed by atoms with E-state index < -0.39 is 28.2 Å². The summed E-state index contributed by atoms with van der Waals surface area (Å²) in [6.07, 6.45) is -0.480. The van der Waals surface area contributed by atoms with Gasteiger partial charge in [0.25, 0.3) is 5.60 Å². The van der Waals surface area contributed by atoms with E-state index in [0.717, 1.165) is 0 Å². The molecule has 0 fully saturated rings. The van der Waals surface area contributed by atoms with Gasteiger partial charge in [0.05, 0.1) is 0 Å². The first kappa shape index (κ1) is 13.7. The lowest BCUT2D eigenvalue weighted by atomic mass is 9.96. The number of alkyl halides is 6. The van der Waals surface area contributed by atoms with Crippen molar-refractivity contribution in [2.45, 2.75) is 16.4 Å². The molecule has 0 saturated carbocycles. The molecule has 0 atom stereocenters. The van der Waals surface area contributed by atoms with Crippen LogP contribution < -0.4 is 0 Å². The van der Waals surface area contributed by atoms with Crippen molar-refractivity contribution < 1.29 is 27.5 Å². The van der Waals surface area contributed by atoms with Crippen molar-refractivity contribution in [1.82, 2.24) is 0 Å². The van der Waals surface area contributed by atoms with Gasteiger partial charge in [-0.2, -0.15) is 17.6 Å². The maximum absolute atomic E-state index is 12.4. The van der Waals surface area contributed by atoms with Gasteiger partial charge in [0, 0.05) is 5.57 Å². The molecule has 0 aromatic carbocycles. The topological polar surface area (TPSA) is 37.3 Å². The molecular weight excluding hydrogens is 251 g/mol. The minimum absolute atomic E-state index is 0.480. The van der Waals surface area contributed by atoms with Gasteiger partial charge in [-0.1, -0.05) is 6.58 Å². The first-order valence-electron chi connectivity index (χ1n) is 2.99. The Bertz CT molecular complexity index is 242. The maximum atomic E-state index is 12.4. The van der Waals surface area contributed by atoms with E-state index in [1.165, 1.54) is 0 Å². The number of carbonyl (C=O) groups excluding carboxylic acids is 1. The predicted octanol–water partition coefficient (Wildman–Crippen LogP) is 2.14. The van der Waals surface area contributed by atoms with Gasteiger partial charge in [-0.15, -0.1) is 0 Å². The molecule has 0 amide bonds. The fraction of sp³-hybridized carbons (Fsp3) is 0.500. The number of hydrogen-bond donors (Lipinski definition) is 1. The van der Waals surface area contributed by atoms with Crippen molar-refractivity contribution >= 4 is 29.5 Å². The molecule has 2 nitrogen and oxygen atoms in total. The molecule has 0 aliphatic heterocycles. The monoisotopic (exact) mass is 254 g/mol. The van der Waals surface area contributed by atoms with E-state index in [4.69, 9.17) is 5.11 Å². The van der Waals surface area contributed by atoms with E-state index in [-0.39, 0.29) is 0 Å². The van der Waals surface area contributed by atoms with E-state index in [0.29, 0.717) is 0 Å². The van der Waals surface area contributed by atoms with Crippen LogP contribution >= 0.6 is 23.2 Å². The zero-order chi connectivity index (χ0) is 11.8. The quantitative estimate of drug-likeness (QED) is 0.361. The van der Waals surface area contributed by atoms with Gasteiger partial charge in [-0.05, 0) is 23.2 Å². The Balaban J connectivity index is 5.52. The van der Waals surface area contributed by atoms with Gasteiger partial charge in [0.15, 0.2) is 0 Å². The summed E-state index contributed by atoms with van der Waals surface area (Å²) >= 11 is 8.46. The van der Waals surface area contributed by atoms with Crippen LogP contribution in [-0.4, -0.2) is 27.8 Å². The van der Waals surface area contributed by atoms with Gasteiger partial charge >= 0.3 is 10.8 Å². The highest BCUT2D eigenvalue weighted by molar-refractivity contribution is 6.27. The molecular formula is C6H4Cl2F4O2. The molecule has 0 aliphatic rings. The summed E-state index contributed by atoms with van der Waals surface area (Å²) in [5.41, 5.74) is -5.83. The van der Waals surface area contributed by atoms with Gasteiger partial charge in [0.2, 0.25) is 0 Å². The van der Waals surface area contributed by atoms with E-state index in [9.17, 15) is 22.4 Å². The average molecular weight is 255 g/mol. The fourth-order valence-electron chi connectivity index (χ4n) is 0.610. The van der Waals surface area contributed by atoms with Crippen molar-refractivity contribution in [3.63, 3.8) is 0 Å². The smallest absolute Gasteiger partial charge is 0.361 e. The minimum atomic E-state index is -4.82. The predicted molar refractivity (Wildman–Crippen MR) is 41.8 cm³/mol. The number of aldehydes is 1. The number of carbonyl (C=O) groups is 1. The molecule has 0 unspecified atom stereocenters. The van der Waals surface area contributed by atoms with Crippen molar-refractivity contribution in [1.29, 1.82) is 0 Å². The second-order valence-corrected chi connectivity index (χ2v) is 3.30. The Morgan fingerprint density at radius 1 is 1.21 bits per heavy atom. The summed E-state index contributed by atoms with van der Waals surface area (Å²) in [6, 6.07) is 0. The van der Waals surface area contributed by atoms with Crippen molar-refractivity contribution in [2.75, 3.05) is 0 Å². The molecule has 0 aromatic rings. The lowest BCUT2D eigenvalue weighted by molar-refractivity contribution is -0.194. The normalized spacial score (nSPS) is 13.9. The first-order chi connectivity index (χ1) is 5.98. The molecule has 14 heavy (non-hydrogen) atoms. The molecule has 0 radical (unpaired) electrons. The molecule has 0 spiro atoms. The number of rotatable bonds is 4. The molecule has 0 saturated heterocycles. The Kier molecular flexibility index (Phi) is 3.59. The molecule has 0 heterocycles. The zero-order valence-corrected chi connectivity index (χ0v) is 7.92. The van der Waals surface area contributed by atoms with Crippen LogP contribution in [0.5, 0.6) is 0 Å². The van der Waals surface area contributed by atoms with Crippen LogP contribution in [0.1, 0.15) is 0 Å². The van der Waals surface area contributed by atoms with Crippen LogP contribution in [-0.2, 0) is 4.79 Å². The van der Waals surface area contributed by atoms with Crippen molar-refractivity contribution in [3.05, 3.63) is 12.2 Å². The van der Waals surface area contributed by atoms with E-state index >= 15 is 0 Å². The average Bonchev–Trinajstić information content (AvgIpc) is 1.97. The molecule has 0 bridgehead atoms. The van der Waals surface area contributed by atoms with Crippen LogP contribution in [0.25, 0.3) is 0 Å². The lowest BCUT2D eigenvalue weighted by Crippen LogP contribution is -2.57. The summed E-state index contributed by atoms with van der Waals surface area (Å²) in [5, 5.41) is -0.788. The van der Waals surface area contributed by atoms with Crippen LogP contribution in [0, 0.1) is 0 Å². The highest BCUT2D eigenvalue weighted by Gasteiger charge is 2.68. The second kappa shape index (κ2) is 3.67. The number of hydrogen-bond acceptors (Lipinski definition) is 2. The summed E-state index contributed by atoms with van der Waals surface area (Å²) in [7, 11) is 0. The SMILES string of the molecule is C=C(C=O)C(O)(C(F)(F)Cl)C(F)(F)Cl. The Labute approximate surface area is 86.1 Å².